The van der Waals surface area contributed by atoms with Crippen molar-refractivity contribution in [1.29, 1.82) is 0 Å². The Labute approximate surface area is 109 Å². The molecule has 1 fully saturated rings. The van der Waals surface area contributed by atoms with E-state index in [0.717, 1.165) is 30.7 Å². The number of pyridine rings is 1. The number of aromatic nitrogens is 1. The van der Waals surface area contributed by atoms with Crippen molar-refractivity contribution in [1.82, 2.24) is 9.88 Å². The Morgan fingerprint density at radius 3 is 2.76 bits per heavy atom. The fourth-order valence-corrected chi connectivity index (χ4v) is 2.18. The van der Waals surface area contributed by atoms with Gasteiger partial charge in [-0.25, -0.2) is 4.98 Å². The van der Waals surface area contributed by atoms with Gasteiger partial charge in [-0.1, -0.05) is 0 Å². The van der Waals surface area contributed by atoms with Crippen molar-refractivity contribution in [3.8, 4) is 0 Å². The first-order valence-electron chi connectivity index (χ1n) is 5.65. The number of carbonyl (C=O) groups excluding carboxylic acids is 1. The predicted molar refractivity (Wildman–Crippen MR) is 67.9 cm³/mol. The minimum Gasteiger partial charge on any atom is -0.381 e. The van der Waals surface area contributed by atoms with Gasteiger partial charge in [0.25, 0.3) is 5.91 Å². The molecule has 1 aliphatic heterocycles. The lowest BCUT2D eigenvalue weighted by Crippen LogP contribution is -2.40. The van der Waals surface area contributed by atoms with Crippen molar-refractivity contribution in [2.45, 2.75) is 18.9 Å². The number of amides is 1. The Kier molecular flexibility index (Phi) is 4.12. The van der Waals surface area contributed by atoms with Crippen molar-refractivity contribution >= 4 is 21.8 Å². The highest BCUT2D eigenvalue weighted by Crippen LogP contribution is 2.16. The van der Waals surface area contributed by atoms with Crippen molar-refractivity contribution in [2.75, 3.05) is 20.3 Å². The van der Waals surface area contributed by atoms with Crippen LogP contribution in [0.1, 0.15) is 23.2 Å². The molecule has 2 heterocycles. The molecule has 0 aliphatic carbocycles. The highest BCUT2D eigenvalue weighted by Gasteiger charge is 2.23. The Balaban J connectivity index is 2.05. The zero-order valence-electron chi connectivity index (χ0n) is 9.73. The summed E-state index contributed by atoms with van der Waals surface area (Å²) in [4.78, 5) is 18.1. The molecule has 17 heavy (non-hydrogen) atoms. The van der Waals surface area contributed by atoms with Crippen molar-refractivity contribution in [3.05, 3.63) is 28.5 Å². The van der Waals surface area contributed by atoms with Gasteiger partial charge in [0.2, 0.25) is 0 Å². The van der Waals surface area contributed by atoms with Crippen molar-refractivity contribution in [2.24, 2.45) is 0 Å². The summed E-state index contributed by atoms with van der Waals surface area (Å²) in [6, 6.07) is 3.85. The third-order valence-corrected chi connectivity index (χ3v) is 3.50. The van der Waals surface area contributed by atoms with Crippen LogP contribution in [0.15, 0.2) is 22.9 Å². The molecule has 0 bridgehead atoms. The smallest absolute Gasteiger partial charge is 0.255 e. The number of nitrogens with zero attached hydrogens (tertiary/aromatic N) is 2. The molecule has 0 aromatic carbocycles. The molecule has 1 aromatic heterocycles. The van der Waals surface area contributed by atoms with E-state index in [1.807, 2.05) is 7.05 Å². The largest absolute Gasteiger partial charge is 0.381 e. The SMILES string of the molecule is CN(C(=O)c1ccc(Br)nc1)C1CCOCC1. The average Bonchev–Trinajstić information content (AvgIpc) is 2.39. The van der Waals surface area contributed by atoms with Crippen molar-refractivity contribution < 1.29 is 9.53 Å². The summed E-state index contributed by atoms with van der Waals surface area (Å²) in [5, 5.41) is 0. The third-order valence-electron chi connectivity index (χ3n) is 3.03. The molecule has 0 N–H and O–H groups in total. The Bertz CT molecular complexity index is 388. The Hall–Kier alpha value is -0.940. The number of halogens is 1. The fraction of sp³-hybridized carbons (Fsp3) is 0.500. The molecule has 5 heteroatoms. The van der Waals surface area contributed by atoms with Gasteiger partial charge in [0.1, 0.15) is 4.60 Å². The van der Waals surface area contributed by atoms with Crippen LogP contribution in [0, 0.1) is 0 Å². The summed E-state index contributed by atoms with van der Waals surface area (Å²) in [6.07, 6.45) is 3.42. The molecule has 0 saturated carbocycles. The highest BCUT2D eigenvalue weighted by molar-refractivity contribution is 9.10. The van der Waals surface area contributed by atoms with E-state index < -0.39 is 0 Å². The third kappa shape index (κ3) is 3.04. The lowest BCUT2D eigenvalue weighted by Gasteiger charge is -2.31. The zero-order valence-corrected chi connectivity index (χ0v) is 11.3. The second-order valence-electron chi connectivity index (χ2n) is 4.13. The summed E-state index contributed by atoms with van der Waals surface area (Å²) in [5.74, 6) is 0.0249. The number of ether oxygens (including phenoxy) is 1. The predicted octanol–water partition coefficient (Wildman–Crippen LogP) is 2.10. The lowest BCUT2D eigenvalue weighted by molar-refractivity contribution is 0.0362. The van der Waals surface area contributed by atoms with E-state index in [0.29, 0.717) is 5.56 Å². The van der Waals surface area contributed by atoms with Gasteiger partial charge < -0.3 is 9.64 Å². The monoisotopic (exact) mass is 298 g/mol. The molecule has 4 nitrogen and oxygen atoms in total. The second kappa shape index (κ2) is 5.60. The molecule has 2 rings (SSSR count). The maximum absolute atomic E-state index is 12.2. The first-order valence-corrected chi connectivity index (χ1v) is 6.44. The average molecular weight is 299 g/mol. The number of carbonyl (C=O) groups is 1. The maximum Gasteiger partial charge on any atom is 0.255 e. The second-order valence-corrected chi connectivity index (χ2v) is 4.94. The van der Waals surface area contributed by atoms with Gasteiger partial charge >= 0.3 is 0 Å². The molecule has 0 atom stereocenters. The molecule has 0 unspecified atom stereocenters. The molecule has 0 spiro atoms. The highest BCUT2D eigenvalue weighted by atomic mass is 79.9. The first-order chi connectivity index (χ1) is 8.18. The Morgan fingerprint density at radius 1 is 1.47 bits per heavy atom. The standard InChI is InChI=1S/C12H15BrN2O2/c1-15(10-4-6-17-7-5-10)12(16)9-2-3-11(13)14-8-9/h2-3,8,10H,4-7H2,1H3. The van der Waals surface area contributed by atoms with Gasteiger partial charge in [0, 0.05) is 32.5 Å². The number of hydrogen-bond acceptors (Lipinski definition) is 3. The summed E-state index contributed by atoms with van der Waals surface area (Å²) in [6.45, 7) is 1.47. The van der Waals surface area contributed by atoms with Crippen LogP contribution in [0.2, 0.25) is 0 Å². The van der Waals surface area contributed by atoms with Crippen molar-refractivity contribution in [3.63, 3.8) is 0 Å². The molecular formula is C12H15BrN2O2. The summed E-state index contributed by atoms with van der Waals surface area (Å²) in [7, 11) is 1.85. The van der Waals surface area contributed by atoms with Crippen LogP contribution in [-0.4, -0.2) is 42.1 Å². The van der Waals surface area contributed by atoms with E-state index in [2.05, 4.69) is 20.9 Å². The summed E-state index contributed by atoms with van der Waals surface area (Å²) < 4.78 is 6.03. The van der Waals surface area contributed by atoms with Crippen LogP contribution < -0.4 is 0 Å². The van der Waals surface area contributed by atoms with Gasteiger partial charge in [-0.15, -0.1) is 0 Å². The van der Waals surface area contributed by atoms with E-state index in [9.17, 15) is 4.79 Å². The van der Waals surface area contributed by atoms with Gasteiger partial charge in [0.05, 0.1) is 5.56 Å². The topological polar surface area (TPSA) is 42.4 Å². The maximum atomic E-state index is 12.2. The van der Waals surface area contributed by atoms with Gasteiger partial charge in [0.15, 0.2) is 0 Å². The van der Waals surface area contributed by atoms with Crippen LogP contribution >= 0.6 is 15.9 Å². The normalized spacial score (nSPS) is 16.8. The minimum absolute atomic E-state index is 0.0249. The van der Waals surface area contributed by atoms with E-state index in [4.69, 9.17) is 4.74 Å². The molecule has 1 saturated heterocycles. The van der Waals surface area contributed by atoms with Crippen LogP contribution in [0.5, 0.6) is 0 Å². The van der Waals surface area contributed by atoms with E-state index in [-0.39, 0.29) is 11.9 Å². The van der Waals surface area contributed by atoms with Crippen LogP contribution in [0.4, 0.5) is 0 Å². The first kappa shape index (κ1) is 12.5. The van der Waals surface area contributed by atoms with E-state index in [1.54, 1.807) is 23.2 Å². The summed E-state index contributed by atoms with van der Waals surface area (Å²) >= 11 is 3.26. The molecule has 1 amide bonds. The molecule has 1 aromatic rings. The minimum atomic E-state index is 0.0249. The number of hydrogen-bond donors (Lipinski definition) is 0. The quantitative estimate of drug-likeness (QED) is 0.785. The molecule has 92 valence electrons. The molecular weight excluding hydrogens is 284 g/mol. The molecule has 1 aliphatic rings. The van der Waals surface area contributed by atoms with Crippen LogP contribution in [0.25, 0.3) is 0 Å². The summed E-state index contributed by atoms with van der Waals surface area (Å²) in [5.41, 5.74) is 0.627. The lowest BCUT2D eigenvalue weighted by atomic mass is 10.1. The van der Waals surface area contributed by atoms with Gasteiger partial charge in [-0.3, -0.25) is 4.79 Å². The van der Waals surface area contributed by atoms with Gasteiger partial charge in [-0.05, 0) is 40.9 Å². The zero-order chi connectivity index (χ0) is 12.3. The fourth-order valence-electron chi connectivity index (χ4n) is 1.94. The van der Waals surface area contributed by atoms with E-state index >= 15 is 0 Å². The number of rotatable bonds is 2. The Morgan fingerprint density at radius 2 is 2.18 bits per heavy atom. The van der Waals surface area contributed by atoms with E-state index in [1.165, 1.54) is 0 Å². The van der Waals surface area contributed by atoms with Crippen LogP contribution in [-0.2, 0) is 4.74 Å². The molecule has 0 radical (unpaired) electrons. The van der Waals surface area contributed by atoms with Gasteiger partial charge in [-0.2, -0.15) is 0 Å². The van der Waals surface area contributed by atoms with Crippen LogP contribution in [0.3, 0.4) is 0 Å².